The van der Waals surface area contributed by atoms with Crippen LogP contribution in [0.5, 0.6) is 5.75 Å². The summed E-state index contributed by atoms with van der Waals surface area (Å²) in [5.74, 6) is -0.00944. The Morgan fingerprint density at radius 3 is 2.92 bits per heavy atom. The number of rotatable bonds is 0. The van der Waals surface area contributed by atoms with Crippen molar-refractivity contribution in [1.29, 1.82) is 0 Å². The van der Waals surface area contributed by atoms with Crippen LogP contribution in [0, 0.1) is 5.82 Å². The summed E-state index contributed by atoms with van der Waals surface area (Å²) in [5.41, 5.74) is 6.53. The van der Waals surface area contributed by atoms with Gasteiger partial charge in [-0.05, 0) is 13.0 Å². The van der Waals surface area contributed by atoms with Crippen molar-refractivity contribution in [1.82, 2.24) is 0 Å². The van der Waals surface area contributed by atoms with Crippen LogP contribution in [0.2, 0.25) is 0 Å². The quantitative estimate of drug-likeness (QED) is 0.637. The molecule has 0 aromatic heterocycles. The first-order valence-electron chi connectivity index (χ1n) is 3.91. The molecule has 1 aromatic carbocycles. The van der Waals surface area contributed by atoms with Crippen molar-refractivity contribution in [2.24, 2.45) is 5.73 Å². The summed E-state index contributed by atoms with van der Waals surface area (Å²) in [4.78, 5) is 0. The van der Waals surface area contributed by atoms with Gasteiger partial charge in [-0.2, -0.15) is 0 Å². The van der Waals surface area contributed by atoms with Crippen molar-refractivity contribution in [3.05, 3.63) is 29.6 Å². The first-order valence-corrected chi connectivity index (χ1v) is 3.91. The first-order chi connectivity index (χ1) is 5.70. The lowest BCUT2D eigenvalue weighted by Crippen LogP contribution is -2.21. The monoisotopic (exact) mass is 167 g/mol. The van der Waals surface area contributed by atoms with Crippen LogP contribution in [-0.4, -0.2) is 6.10 Å². The Morgan fingerprint density at radius 2 is 2.25 bits per heavy atom. The third-order valence-electron chi connectivity index (χ3n) is 2.17. The number of nitrogens with two attached hydrogens (primary N) is 1. The van der Waals surface area contributed by atoms with Crippen molar-refractivity contribution in [3.8, 4) is 5.75 Å². The van der Waals surface area contributed by atoms with Gasteiger partial charge < -0.3 is 10.5 Å². The van der Waals surface area contributed by atoms with Gasteiger partial charge in [0, 0.05) is 5.56 Å². The molecule has 0 fully saturated rings. The van der Waals surface area contributed by atoms with Crippen molar-refractivity contribution >= 4 is 0 Å². The van der Waals surface area contributed by atoms with E-state index in [9.17, 15) is 4.39 Å². The Kier molecular flexibility index (Phi) is 1.54. The smallest absolute Gasteiger partial charge is 0.165 e. The molecule has 12 heavy (non-hydrogen) atoms. The zero-order valence-corrected chi connectivity index (χ0v) is 6.75. The molecule has 0 aliphatic carbocycles. The maximum absolute atomic E-state index is 13.1. The molecule has 2 rings (SSSR count). The van der Waals surface area contributed by atoms with Crippen LogP contribution in [0.25, 0.3) is 0 Å². The SMILES string of the molecule is C[C@@H]1Oc2c(F)cccc2[C@@H]1N. The first kappa shape index (κ1) is 7.55. The van der Waals surface area contributed by atoms with Gasteiger partial charge >= 0.3 is 0 Å². The van der Waals surface area contributed by atoms with Gasteiger partial charge in [-0.3, -0.25) is 0 Å². The average Bonchev–Trinajstić information content (AvgIpc) is 2.32. The molecule has 0 amide bonds. The summed E-state index contributed by atoms with van der Waals surface area (Å²) in [6.07, 6.45) is -0.128. The third-order valence-corrected chi connectivity index (χ3v) is 2.17. The number of hydrogen-bond donors (Lipinski definition) is 1. The number of ether oxygens (including phenoxy) is 1. The fourth-order valence-corrected chi connectivity index (χ4v) is 1.42. The second-order valence-corrected chi connectivity index (χ2v) is 3.01. The maximum atomic E-state index is 13.1. The minimum absolute atomic E-state index is 0.128. The van der Waals surface area contributed by atoms with E-state index in [1.807, 2.05) is 6.92 Å². The highest BCUT2D eigenvalue weighted by Crippen LogP contribution is 2.36. The van der Waals surface area contributed by atoms with E-state index in [0.29, 0.717) is 5.75 Å². The van der Waals surface area contributed by atoms with E-state index in [0.717, 1.165) is 5.56 Å². The molecule has 0 saturated carbocycles. The maximum Gasteiger partial charge on any atom is 0.165 e. The Balaban J connectivity index is 2.53. The van der Waals surface area contributed by atoms with Gasteiger partial charge in [0.15, 0.2) is 11.6 Å². The molecule has 0 radical (unpaired) electrons. The Morgan fingerprint density at radius 1 is 1.50 bits per heavy atom. The minimum Gasteiger partial charge on any atom is -0.485 e. The predicted octanol–water partition coefficient (Wildman–Crippen LogP) is 1.61. The van der Waals surface area contributed by atoms with Crippen LogP contribution in [0.3, 0.4) is 0 Å². The average molecular weight is 167 g/mol. The molecule has 2 N–H and O–H groups in total. The Bertz CT molecular complexity index is 313. The summed E-state index contributed by atoms with van der Waals surface area (Å²) < 4.78 is 18.3. The molecule has 0 saturated heterocycles. The molecular weight excluding hydrogens is 157 g/mol. The van der Waals surface area contributed by atoms with Crippen molar-refractivity contribution in [2.45, 2.75) is 19.1 Å². The number of para-hydroxylation sites is 1. The van der Waals surface area contributed by atoms with Crippen LogP contribution in [0.1, 0.15) is 18.5 Å². The van der Waals surface area contributed by atoms with Crippen molar-refractivity contribution in [2.75, 3.05) is 0 Å². The lowest BCUT2D eigenvalue weighted by molar-refractivity contribution is 0.220. The van der Waals surface area contributed by atoms with E-state index in [-0.39, 0.29) is 18.0 Å². The molecular formula is C9H10FNO. The van der Waals surface area contributed by atoms with Crippen molar-refractivity contribution in [3.63, 3.8) is 0 Å². The normalized spacial score (nSPS) is 26.6. The largest absolute Gasteiger partial charge is 0.485 e. The van der Waals surface area contributed by atoms with Crippen LogP contribution < -0.4 is 10.5 Å². The Labute approximate surface area is 70.1 Å². The minimum atomic E-state index is -0.327. The van der Waals surface area contributed by atoms with Gasteiger partial charge in [0.05, 0.1) is 6.04 Å². The topological polar surface area (TPSA) is 35.2 Å². The van der Waals surface area contributed by atoms with Gasteiger partial charge in [0.25, 0.3) is 0 Å². The van der Waals surface area contributed by atoms with E-state index in [1.165, 1.54) is 6.07 Å². The molecule has 0 bridgehead atoms. The molecule has 64 valence electrons. The molecule has 1 aliphatic rings. The zero-order chi connectivity index (χ0) is 8.72. The second-order valence-electron chi connectivity index (χ2n) is 3.01. The lowest BCUT2D eigenvalue weighted by atomic mass is 10.1. The number of halogens is 1. The van der Waals surface area contributed by atoms with E-state index in [1.54, 1.807) is 12.1 Å². The van der Waals surface area contributed by atoms with Crippen LogP contribution >= 0.6 is 0 Å². The molecule has 3 heteroatoms. The number of benzene rings is 1. The summed E-state index contributed by atoms with van der Waals surface area (Å²) in [5, 5.41) is 0. The number of fused-ring (bicyclic) bond motifs is 1. The van der Waals surface area contributed by atoms with E-state index < -0.39 is 0 Å². The van der Waals surface area contributed by atoms with Crippen LogP contribution in [0.4, 0.5) is 4.39 Å². The second kappa shape index (κ2) is 2.45. The fraction of sp³-hybridized carbons (Fsp3) is 0.333. The van der Waals surface area contributed by atoms with Crippen LogP contribution in [-0.2, 0) is 0 Å². The molecule has 1 aromatic rings. The summed E-state index contributed by atoms with van der Waals surface area (Å²) in [6.45, 7) is 1.84. The van der Waals surface area contributed by atoms with Gasteiger partial charge in [0.2, 0.25) is 0 Å². The van der Waals surface area contributed by atoms with Gasteiger partial charge in [0.1, 0.15) is 6.10 Å². The molecule has 1 heterocycles. The molecule has 1 aliphatic heterocycles. The highest BCUT2D eigenvalue weighted by Gasteiger charge is 2.29. The predicted molar refractivity (Wildman–Crippen MR) is 43.4 cm³/mol. The standard InChI is InChI=1S/C9H10FNO/c1-5-8(11)6-3-2-4-7(10)9(6)12-5/h2-5,8H,11H2,1H3/t5-,8+/m0/s1. The third kappa shape index (κ3) is 0.898. The van der Waals surface area contributed by atoms with Crippen LogP contribution in [0.15, 0.2) is 18.2 Å². The number of hydrogen-bond acceptors (Lipinski definition) is 2. The van der Waals surface area contributed by atoms with E-state index in [4.69, 9.17) is 10.5 Å². The summed E-state index contributed by atoms with van der Waals surface area (Å²) >= 11 is 0. The highest BCUT2D eigenvalue weighted by molar-refractivity contribution is 5.41. The van der Waals surface area contributed by atoms with Gasteiger partial charge in [-0.1, -0.05) is 12.1 Å². The molecule has 0 unspecified atom stereocenters. The Hall–Kier alpha value is -1.09. The molecule has 2 nitrogen and oxygen atoms in total. The zero-order valence-electron chi connectivity index (χ0n) is 6.75. The molecule has 2 atom stereocenters. The van der Waals surface area contributed by atoms with E-state index in [2.05, 4.69) is 0 Å². The van der Waals surface area contributed by atoms with Gasteiger partial charge in [-0.25, -0.2) is 4.39 Å². The van der Waals surface area contributed by atoms with Gasteiger partial charge in [-0.15, -0.1) is 0 Å². The summed E-state index contributed by atoms with van der Waals surface area (Å²) in [7, 11) is 0. The summed E-state index contributed by atoms with van der Waals surface area (Å²) in [6, 6.07) is 4.63. The van der Waals surface area contributed by atoms with E-state index >= 15 is 0 Å². The lowest BCUT2D eigenvalue weighted by Gasteiger charge is -2.07. The van der Waals surface area contributed by atoms with Crippen molar-refractivity contribution < 1.29 is 9.13 Å². The molecule has 0 spiro atoms. The fourth-order valence-electron chi connectivity index (χ4n) is 1.42. The highest BCUT2D eigenvalue weighted by atomic mass is 19.1.